The van der Waals surface area contributed by atoms with E-state index in [0.717, 1.165) is 51.8 Å². The Hall–Kier alpha value is -3.05. The van der Waals surface area contributed by atoms with Crippen molar-refractivity contribution in [1.29, 1.82) is 0 Å². The summed E-state index contributed by atoms with van der Waals surface area (Å²) in [6.45, 7) is 5.82. The molecule has 0 radical (unpaired) electrons. The third-order valence-electron chi connectivity index (χ3n) is 5.18. The Morgan fingerprint density at radius 3 is 2.71 bits per heavy atom. The molecule has 2 aromatic carbocycles. The number of hydrogen-bond donors (Lipinski definition) is 1. The maximum Gasteiger partial charge on any atom is 0.291 e. The highest BCUT2D eigenvalue weighted by Gasteiger charge is 2.18. The van der Waals surface area contributed by atoms with E-state index >= 15 is 0 Å². The average molecular weight is 375 g/mol. The minimum Gasteiger partial charge on any atom is -0.450 e. The zero-order valence-corrected chi connectivity index (χ0v) is 16.7. The van der Waals surface area contributed by atoms with Crippen LogP contribution in [0.25, 0.3) is 21.9 Å². The van der Waals surface area contributed by atoms with E-state index in [1.165, 1.54) is 0 Å². The van der Waals surface area contributed by atoms with E-state index in [2.05, 4.69) is 47.2 Å². The highest BCUT2D eigenvalue weighted by Crippen LogP contribution is 2.28. The number of furan rings is 1. The molecular weight excluding hydrogens is 350 g/mol. The van der Waals surface area contributed by atoms with Crippen LogP contribution in [0.3, 0.4) is 0 Å². The number of carbonyl (C=O) groups excluding carboxylic acids is 1. The Kier molecular flexibility index (Phi) is 4.69. The maximum absolute atomic E-state index is 12.8. The molecule has 2 heterocycles. The second-order valence-electron chi connectivity index (χ2n) is 7.55. The van der Waals surface area contributed by atoms with E-state index in [4.69, 9.17) is 4.42 Å². The summed E-state index contributed by atoms with van der Waals surface area (Å²) in [4.78, 5) is 15.0. The maximum atomic E-state index is 12.8. The SMILES string of the molecule is Cc1c(C(=O)Nc2ccc3c(ccn3CCN(C)C)c2)oc2c(C)cccc12. The second-order valence-corrected chi connectivity index (χ2v) is 7.55. The lowest BCUT2D eigenvalue weighted by molar-refractivity contribution is 0.0998. The van der Waals surface area contributed by atoms with E-state index in [-0.39, 0.29) is 5.91 Å². The predicted octanol–water partition coefficient (Wildman–Crippen LogP) is 4.82. The molecule has 0 spiro atoms. The molecule has 0 saturated heterocycles. The van der Waals surface area contributed by atoms with Crippen LogP contribution in [-0.2, 0) is 6.54 Å². The molecular formula is C23H25N3O2. The number of para-hydroxylation sites is 1. The Morgan fingerprint density at radius 1 is 1.14 bits per heavy atom. The van der Waals surface area contributed by atoms with Gasteiger partial charge in [-0.2, -0.15) is 0 Å². The molecule has 5 nitrogen and oxygen atoms in total. The third kappa shape index (κ3) is 3.29. The Balaban J connectivity index is 1.59. The van der Waals surface area contributed by atoms with E-state index in [9.17, 15) is 4.79 Å². The number of nitrogens with zero attached hydrogens (tertiary/aromatic N) is 2. The average Bonchev–Trinajstić information content (AvgIpc) is 3.22. The van der Waals surface area contributed by atoms with Crippen molar-refractivity contribution < 1.29 is 9.21 Å². The number of carbonyl (C=O) groups is 1. The molecule has 5 heteroatoms. The first-order valence-corrected chi connectivity index (χ1v) is 9.48. The molecule has 0 atom stereocenters. The van der Waals surface area contributed by atoms with Crippen molar-refractivity contribution in [3.8, 4) is 0 Å². The van der Waals surface area contributed by atoms with Gasteiger partial charge in [-0.25, -0.2) is 0 Å². The van der Waals surface area contributed by atoms with Crippen molar-refractivity contribution in [3.05, 3.63) is 65.5 Å². The van der Waals surface area contributed by atoms with Crippen LogP contribution >= 0.6 is 0 Å². The zero-order valence-electron chi connectivity index (χ0n) is 16.7. The highest BCUT2D eigenvalue weighted by atomic mass is 16.3. The van der Waals surface area contributed by atoms with E-state index in [0.29, 0.717) is 5.76 Å². The molecule has 28 heavy (non-hydrogen) atoms. The van der Waals surface area contributed by atoms with Crippen LogP contribution in [0.2, 0.25) is 0 Å². The van der Waals surface area contributed by atoms with Crippen LogP contribution in [-0.4, -0.2) is 36.0 Å². The number of benzene rings is 2. The smallest absolute Gasteiger partial charge is 0.291 e. The summed E-state index contributed by atoms with van der Waals surface area (Å²) in [6.07, 6.45) is 2.09. The first-order valence-electron chi connectivity index (χ1n) is 9.48. The van der Waals surface area contributed by atoms with Crippen molar-refractivity contribution in [1.82, 2.24) is 9.47 Å². The van der Waals surface area contributed by atoms with Crippen LogP contribution < -0.4 is 5.32 Å². The second kappa shape index (κ2) is 7.17. The van der Waals surface area contributed by atoms with Gasteiger partial charge in [0.1, 0.15) is 5.58 Å². The Labute approximate surface area is 164 Å². The van der Waals surface area contributed by atoms with Gasteiger partial charge in [0.05, 0.1) is 0 Å². The van der Waals surface area contributed by atoms with Crippen LogP contribution in [0.5, 0.6) is 0 Å². The van der Waals surface area contributed by atoms with Gasteiger partial charge in [0.25, 0.3) is 5.91 Å². The first kappa shape index (κ1) is 18.3. The first-order chi connectivity index (χ1) is 13.4. The number of rotatable bonds is 5. The van der Waals surface area contributed by atoms with Gasteiger partial charge in [-0.1, -0.05) is 18.2 Å². The van der Waals surface area contributed by atoms with Crippen molar-refractivity contribution >= 4 is 33.5 Å². The lowest BCUT2D eigenvalue weighted by atomic mass is 10.1. The van der Waals surface area contributed by atoms with Gasteiger partial charge in [0, 0.05) is 46.8 Å². The van der Waals surface area contributed by atoms with Crippen molar-refractivity contribution in [3.63, 3.8) is 0 Å². The summed E-state index contributed by atoms with van der Waals surface area (Å²) in [5.41, 5.74) is 4.60. The predicted molar refractivity (Wildman–Crippen MR) is 114 cm³/mol. The quantitative estimate of drug-likeness (QED) is 0.544. The number of aromatic nitrogens is 1. The fourth-order valence-electron chi connectivity index (χ4n) is 3.57. The van der Waals surface area contributed by atoms with E-state index < -0.39 is 0 Å². The molecule has 4 rings (SSSR count). The zero-order chi connectivity index (χ0) is 19.8. The molecule has 0 fully saturated rings. The standard InChI is InChI=1S/C23H25N3O2/c1-15-6-5-7-19-16(2)22(28-21(15)19)23(27)24-18-8-9-20-17(14-18)10-11-26(20)13-12-25(3)4/h5-11,14H,12-13H2,1-4H3,(H,24,27). The molecule has 0 aliphatic heterocycles. The lowest BCUT2D eigenvalue weighted by Crippen LogP contribution is -2.17. The normalized spacial score (nSPS) is 11.6. The van der Waals surface area contributed by atoms with Crippen molar-refractivity contribution in [2.45, 2.75) is 20.4 Å². The minimum absolute atomic E-state index is 0.223. The van der Waals surface area contributed by atoms with Gasteiger partial charge in [-0.3, -0.25) is 4.79 Å². The molecule has 2 aromatic heterocycles. The van der Waals surface area contributed by atoms with Crippen molar-refractivity contribution in [2.75, 3.05) is 26.0 Å². The van der Waals surface area contributed by atoms with Gasteiger partial charge in [0.2, 0.25) is 0 Å². The van der Waals surface area contributed by atoms with Gasteiger partial charge < -0.3 is 19.2 Å². The largest absolute Gasteiger partial charge is 0.450 e. The van der Waals surface area contributed by atoms with E-state index in [1.54, 1.807) is 0 Å². The van der Waals surface area contributed by atoms with Crippen molar-refractivity contribution in [2.24, 2.45) is 0 Å². The summed E-state index contributed by atoms with van der Waals surface area (Å²) >= 11 is 0. The minimum atomic E-state index is -0.223. The molecule has 0 bridgehead atoms. The molecule has 1 N–H and O–H groups in total. The topological polar surface area (TPSA) is 50.4 Å². The number of amides is 1. The fourth-order valence-corrected chi connectivity index (χ4v) is 3.57. The number of likely N-dealkylation sites (N-methyl/N-ethyl adjacent to an activating group) is 1. The van der Waals surface area contributed by atoms with Gasteiger partial charge in [-0.05, 0) is 57.8 Å². The van der Waals surface area contributed by atoms with Crippen LogP contribution in [0.1, 0.15) is 21.7 Å². The highest BCUT2D eigenvalue weighted by molar-refractivity contribution is 6.07. The Morgan fingerprint density at radius 2 is 1.96 bits per heavy atom. The molecule has 0 unspecified atom stereocenters. The molecule has 144 valence electrons. The van der Waals surface area contributed by atoms with Crippen LogP contribution in [0.4, 0.5) is 5.69 Å². The fraction of sp³-hybridized carbons (Fsp3) is 0.261. The lowest BCUT2D eigenvalue weighted by Gasteiger charge is -2.11. The monoisotopic (exact) mass is 375 g/mol. The third-order valence-corrected chi connectivity index (χ3v) is 5.18. The van der Waals surface area contributed by atoms with Crippen LogP contribution in [0.15, 0.2) is 53.1 Å². The number of hydrogen-bond acceptors (Lipinski definition) is 3. The summed E-state index contributed by atoms with van der Waals surface area (Å²) in [6, 6.07) is 14.0. The van der Waals surface area contributed by atoms with Crippen LogP contribution in [0, 0.1) is 13.8 Å². The number of anilines is 1. The van der Waals surface area contributed by atoms with E-state index in [1.807, 2.05) is 44.2 Å². The molecule has 4 aromatic rings. The van der Waals surface area contributed by atoms with Gasteiger partial charge in [-0.15, -0.1) is 0 Å². The number of aryl methyl sites for hydroxylation is 2. The molecule has 0 aliphatic rings. The van der Waals surface area contributed by atoms with Gasteiger partial charge in [0.15, 0.2) is 5.76 Å². The molecule has 0 aliphatic carbocycles. The van der Waals surface area contributed by atoms with Gasteiger partial charge >= 0.3 is 0 Å². The Bertz CT molecular complexity index is 1170. The summed E-state index contributed by atoms with van der Waals surface area (Å²) < 4.78 is 8.12. The summed E-state index contributed by atoms with van der Waals surface area (Å²) in [7, 11) is 4.14. The summed E-state index contributed by atoms with van der Waals surface area (Å²) in [5.74, 6) is 0.146. The number of fused-ring (bicyclic) bond motifs is 2. The number of nitrogens with one attached hydrogen (secondary N) is 1. The molecule has 1 amide bonds. The molecule has 0 saturated carbocycles. The summed E-state index contributed by atoms with van der Waals surface area (Å²) in [5, 5.41) is 5.07.